The zero-order chi connectivity index (χ0) is 24.6. The Bertz CT molecular complexity index is 1400. The predicted octanol–water partition coefficient (Wildman–Crippen LogP) is 6.75. The second kappa shape index (κ2) is 11.7. The molecule has 0 saturated heterocycles. The van der Waals surface area contributed by atoms with Crippen LogP contribution in [0.4, 0.5) is 10.8 Å². The van der Waals surface area contributed by atoms with Gasteiger partial charge in [0.15, 0.2) is 5.13 Å². The first-order valence-electron chi connectivity index (χ1n) is 10.3. The number of hydrogen-bond acceptors (Lipinski definition) is 6. The van der Waals surface area contributed by atoms with Gasteiger partial charge >= 0.3 is 0 Å². The molecular formula is C26H18BrClN4O2S. The highest BCUT2D eigenvalue weighted by atomic mass is 79.9. The first-order valence-corrected chi connectivity index (χ1v) is 12.3. The number of hydrazone groups is 1. The fraction of sp³-hybridized carbons (Fsp3) is 0.0385. The largest absolute Gasteiger partial charge is 0.480 e. The third-order valence-electron chi connectivity index (χ3n) is 4.69. The van der Waals surface area contributed by atoms with Crippen molar-refractivity contribution in [1.82, 2.24) is 10.4 Å². The minimum atomic E-state index is -0.316. The van der Waals surface area contributed by atoms with Crippen LogP contribution in [-0.4, -0.2) is 23.7 Å². The molecule has 4 rings (SSSR count). The van der Waals surface area contributed by atoms with Gasteiger partial charge < -0.3 is 10.1 Å². The monoisotopic (exact) mass is 564 g/mol. The zero-order valence-corrected chi connectivity index (χ0v) is 21.3. The summed E-state index contributed by atoms with van der Waals surface area (Å²) in [4.78, 5) is 17.1. The molecule has 0 aliphatic rings. The summed E-state index contributed by atoms with van der Waals surface area (Å²) in [6, 6.07) is 20.0. The van der Waals surface area contributed by atoms with Crippen LogP contribution in [0.1, 0.15) is 15.9 Å². The van der Waals surface area contributed by atoms with Gasteiger partial charge in [-0.3, -0.25) is 4.79 Å². The molecule has 0 aliphatic carbocycles. The van der Waals surface area contributed by atoms with Gasteiger partial charge in [-0.05, 0) is 76.1 Å². The Labute approximate surface area is 220 Å². The molecule has 0 unspecified atom stereocenters. The molecule has 6 nitrogen and oxygen atoms in total. The number of benzene rings is 3. The van der Waals surface area contributed by atoms with Crippen molar-refractivity contribution < 1.29 is 9.53 Å². The SMILES string of the molecule is C#CCOc1ccc(/C=N\NC(=O)c2ccc(-c3csc(Nc4ccc(Cl)cc4)n3)cc2)cc1Br. The van der Waals surface area contributed by atoms with Gasteiger partial charge in [0.05, 0.1) is 16.4 Å². The average Bonchev–Trinajstić information content (AvgIpc) is 3.33. The number of amides is 1. The third-order valence-corrected chi connectivity index (χ3v) is 6.32. The third kappa shape index (κ3) is 6.70. The van der Waals surface area contributed by atoms with Crippen molar-refractivity contribution >= 4 is 61.8 Å². The molecule has 35 heavy (non-hydrogen) atoms. The summed E-state index contributed by atoms with van der Waals surface area (Å²) in [5, 5.41) is 10.7. The van der Waals surface area contributed by atoms with Gasteiger partial charge in [0.1, 0.15) is 12.4 Å². The van der Waals surface area contributed by atoms with Gasteiger partial charge in [-0.15, -0.1) is 17.8 Å². The lowest BCUT2D eigenvalue weighted by molar-refractivity contribution is 0.0955. The van der Waals surface area contributed by atoms with Crippen LogP contribution in [0.25, 0.3) is 11.3 Å². The van der Waals surface area contributed by atoms with Crippen molar-refractivity contribution in [2.24, 2.45) is 5.10 Å². The summed E-state index contributed by atoms with van der Waals surface area (Å²) in [5.41, 5.74) is 6.43. The molecule has 174 valence electrons. The first kappa shape index (κ1) is 24.5. The van der Waals surface area contributed by atoms with Crippen molar-refractivity contribution in [1.29, 1.82) is 0 Å². The number of thiazole rings is 1. The molecule has 0 saturated carbocycles. The van der Waals surface area contributed by atoms with Crippen LogP contribution in [0, 0.1) is 12.3 Å². The maximum atomic E-state index is 12.4. The van der Waals surface area contributed by atoms with Crippen LogP contribution >= 0.6 is 38.9 Å². The van der Waals surface area contributed by atoms with E-state index in [0.29, 0.717) is 16.3 Å². The summed E-state index contributed by atoms with van der Waals surface area (Å²) in [6.07, 6.45) is 6.75. The average molecular weight is 566 g/mol. The molecule has 0 atom stereocenters. The van der Waals surface area contributed by atoms with E-state index in [-0.39, 0.29) is 12.5 Å². The smallest absolute Gasteiger partial charge is 0.271 e. The number of carbonyl (C=O) groups excluding carboxylic acids is 1. The highest BCUT2D eigenvalue weighted by Gasteiger charge is 2.08. The summed E-state index contributed by atoms with van der Waals surface area (Å²) in [5.74, 6) is 2.74. The van der Waals surface area contributed by atoms with E-state index in [1.165, 1.54) is 11.3 Å². The standard InChI is InChI=1S/C26H18BrClN4O2S/c1-2-13-34-24-12-3-17(14-22(24)27)15-29-32-25(33)19-6-4-18(5-7-19)23-16-35-26(31-23)30-21-10-8-20(28)9-11-21/h1,3-12,14-16H,13H2,(H,30,31)(H,32,33)/b29-15-. The molecular weight excluding hydrogens is 548 g/mol. The number of anilines is 2. The molecule has 1 aromatic heterocycles. The molecule has 1 amide bonds. The Hall–Kier alpha value is -3.64. The van der Waals surface area contributed by atoms with Gasteiger partial charge in [0.2, 0.25) is 0 Å². The van der Waals surface area contributed by atoms with E-state index in [4.69, 9.17) is 22.8 Å². The molecule has 0 aliphatic heterocycles. The summed E-state index contributed by atoms with van der Waals surface area (Å²) >= 11 is 10.8. The summed E-state index contributed by atoms with van der Waals surface area (Å²) in [7, 11) is 0. The highest BCUT2D eigenvalue weighted by Crippen LogP contribution is 2.28. The molecule has 3 aromatic carbocycles. The van der Waals surface area contributed by atoms with Crippen LogP contribution in [0.15, 0.2) is 81.7 Å². The summed E-state index contributed by atoms with van der Waals surface area (Å²) < 4.78 is 6.15. The molecule has 0 fully saturated rings. The van der Waals surface area contributed by atoms with Gasteiger partial charge in [-0.2, -0.15) is 5.10 Å². The van der Waals surface area contributed by atoms with Gasteiger partial charge in [0.25, 0.3) is 5.91 Å². The number of ether oxygens (including phenoxy) is 1. The Morgan fingerprint density at radius 3 is 2.66 bits per heavy atom. The summed E-state index contributed by atoms with van der Waals surface area (Å²) in [6.45, 7) is 0.185. The number of carbonyl (C=O) groups is 1. The highest BCUT2D eigenvalue weighted by molar-refractivity contribution is 9.10. The molecule has 9 heteroatoms. The molecule has 2 N–H and O–H groups in total. The van der Waals surface area contributed by atoms with E-state index in [0.717, 1.165) is 32.1 Å². The van der Waals surface area contributed by atoms with E-state index in [9.17, 15) is 4.79 Å². The molecule has 0 bridgehead atoms. The topological polar surface area (TPSA) is 75.6 Å². The molecule has 4 aromatic rings. The maximum Gasteiger partial charge on any atom is 0.271 e. The Balaban J connectivity index is 1.34. The van der Waals surface area contributed by atoms with E-state index in [1.54, 1.807) is 24.4 Å². The first-order chi connectivity index (χ1) is 17.0. The van der Waals surface area contributed by atoms with Gasteiger partial charge in [-0.25, -0.2) is 10.4 Å². The van der Waals surface area contributed by atoms with Crippen LogP contribution in [0.3, 0.4) is 0 Å². The van der Waals surface area contributed by atoms with Crippen LogP contribution in [0.5, 0.6) is 5.75 Å². The number of aromatic nitrogens is 1. The fourth-order valence-electron chi connectivity index (χ4n) is 2.98. The quantitative estimate of drug-likeness (QED) is 0.141. The van der Waals surface area contributed by atoms with Crippen LogP contribution in [-0.2, 0) is 0 Å². The number of rotatable bonds is 8. The van der Waals surface area contributed by atoms with E-state index < -0.39 is 0 Å². The molecule has 1 heterocycles. The maximum absolute atomic E-state index is 12.4. The number of halogens is 2. The number of terminal acetylenes is 1. The Kier molecular flexibility index (Phi) is 8.16. The predicted molar refractivity (Wildman–Crippen MR) is 146 cm³/mol. The van der Waals surface area contributed by atoms with Gasteiger partial charge in [0, 0.05) is 27.2 Å². The minimum Gasteiger partial charge on any atom is -0.480 e. The van der Waals surface area contributed by atoms with E-state index >= 15 is 0 Å². The molecule has 0 spiro atoms. The van der Waals surface area contributed by atoms with Crippen LogP contribution in [0.2, 0.25) is 5.02 Å². The van der Waals surface area contributed by atoms with Crippen molar-refractivity contribution in [3.8, 4) is 29.4 Å². The van der Waals surface area contributed by atoms with E-state index in [2.05, 4.69) is 42.7 Å². The van der Waals surface area contributed by atoms with Crippen molar-refractivity contribution in [2.45, 2.75) is 0 Å². The second-order valence-corrected chi connectivity index (χ2v) is 9.28. The number of nitrogens with zero attached hydrogens (tertiary/aromatic N) is 2. The van der Waals surface area contributed by atoms with E-state index in [1.807, 2.05) is 53.9 Å². The number of hydrogen-bond donors (Lipinski definition) is 2. The normalized spacial score (nSPS) is 10.7. The van der Waals surface area contributed by atoms with Gasteiger partial charge in [-0.1, -0.05) is 29.7 Å². The minimum absolute atomic E-state index is 0.185. The lowest BCUT2D eigenvalue weighted by Gasteiger charge is -2.05. The Morgan fingerprint density at radius 1 is 1.17 bits per heavy atom. The molecule has 0 radical (unpaired) electrons. The lowest BCUT2D eigenvalue weighted by atomic mass is 10.1. The lowest BCUT2D eigenvalue weighted by Crippen LogP contribution is -2.17. The van der Waals surface area contributed by atoms with Crippen molar-refractivity contribution in [3.05, 3.63) is 92.7 Å². The van der Waals surface area contributed by atoms with Crippen molar-refractivity contribution in [2.75, 3.05) is 11.9 Å². The Morgan fingerprint density at radius 2 is 1.94 bits per heavy atom. The fourth-order valence-corrected chi connectivity index (χ4v) is 4.35. The van der Waals surface area contributed by atoms with Crippen LogP contribution < -0.4 is 15.5 Å². The van der Waals surface area contributed by atoms with Crippen molar-refractivity contribution in [3.63, 3.8) is 0 Å². The number of nitrogens with one attached hydrogen (secondary N) is 2. The second-order valence-electron chi connectivity index (χ2n) is 7.13. The zero-order valence-electron chi connectivity index (χ0n) is 18.2.